The molecule has 1 unspecified atom stereocenters. The van der Waals surface area contributed by atoms with Crippen molar-refractivity contribution in [2.75, 3.05) is 39.1 Å². The predicted molar refractivity (Wildman–Crippen MR) is 124 cm³/mol. The maximum Gasteiger partial charge on any atom is 0.255 e. The number of methoxy groups -OCH3 is 1. The fraction of sp³-hybridized carbons (Fsp3) is 0.500. The molecule has 0 amide bonds. The number of rotatable bonds is 10. The highest BCUT2D eigenvalue weighted by Gasteiger charge is 2.29. The number of pyridine rings is 1. The van der Waals surface area contributed by atoms with Gasteiger partial charge in [-0.05, 0) is 67.5 Å². The van der Waals surface area contributed by atoms with Crippen LogP contribution in [0, 0.1) is 11.8 Å². The highest BCUT2D eigenvalue weighted by molar-refractivity contribution is 7.99. The van der Waals surface area contributed by atoms with E-state index in [1.807, 2.05) is 18.2 Å². The minimum Gasteiger partial charge on any atom is -0.497 e. The summed E-state index contributed by atoms with van der Waals surface area (Å²) in [5, 5.41) is 11.5. The van der Waals surface area contributed by atoms with Crippen LogP contribution in [0.5, 0.6) is 5.75 Å². The molecule has 1 N–H and O–H groups in total. The number of likely N-dealkylation sites (tertiary alicyclic amines) is 1. The second-order valence-corrected chi connectivity index (χ2v) is 9.31. The third kappa shape index (κ3) is 5.60. The van der Waals surface area contributed by atoms with Gasteiger partial charge in [0.05, 0.1) is 18.8 Å². The molecular weight excluding hydrogens is 429 g/mol. The number of hydrogen-bond acceptors (Lipinski definition) is 7. The quantitative estimate of drug-likeness (QED) is 0.439. The molecule has 3 aromatic rings. The first-order valence-corrected chi connectivity index (χ1v) is 12.1. The molecule has 0 saturated carbocycles. The van der Waals surface area contributed by atoms with E-state index in [1.165, 1.54) is 0 Å². The standard InChI is InChI=1S/C24H30FN3O3S/c1-30-19-3-5-23-21(14-19)20(6-8-26-23)22(25)4-2-17-7-10-28(15-18(17)16-29)11-13-32-24-27-9-12-31-24/h3,5-6,8-9,12,14,17-18,22,29H,2,4,7,10-11,13,15-16H2,1H3/t17-,18-,22?/m1/s1. The second kappa shape index (κ2) is 11.1. The first-order chi connectivity index (χ1) is 15.7. The van der Waals surface area contributed by atoms with Crippen LogP contribution in [0.1, 0.15) is 31.0 Å². The molecule has 0 radical (unpaired) electrons. The van der Waals surface area contributed by atoms with Crippen molar-refractivity contribution in [2.45, 2.75) is 30.7 Å². The number of nitrogens with zero attached hydrogens (tertiary/aromatic N) is 3. The third-order valence-electron chi connectivity index (χ3n) is 6.36. The summed E-state index contributed by atoms with van der Waals surface area (Å²) in [6.45, 7) is 2.88. The number of thioether (sulfide) groups is 1. The summed E-state index contributed by atoms with van der Waals surface area (Å²) in [5.41, 5.74) is 1.44. The van der Waals surface area contributed by atoms with Gasteiger partial charge >= 0.3 is 0 Å². The van der Waals surface area contributed by atoms with E-state index in [1.54, 1.807) is 43.6 Å². The van der Waals surface area contributed by atoms with Crippen molar-refractivity contribution < 1.29 is 18.7 Å². The van der Waals surface area contributed by atoms with Gasteiger partial charge in [0.15, 0.2) is 0 Å². The van der Waals surface area contributed by atoms with Gasteiger partial charge in [-0.3, -0.25) is 4.98 Å². The van der Waals surface area contributed by atoms with Crippen LogP contribution in [-0.4, -0.2) is 59.1 Å². The SMILES string of the molecule is COc1ccc2nccc(C(F)CC[C@@H]3CCN(CCSc4ncco4)C[C@@H]3CO)c2c1. The van der Waals surface area contributed by atoms with Gasteiger partial charge in [0, 0.05) is 37.0 Å². The topological polar surface area (TPSA) is 71.6 Å². The van der Waals surface area contributed by atoms with Crippen LogP contribution in [0.15, 0.2) is 52.6 Å². The van der Waals surface area contributed by atoms with Gasteiger partial charge in [0.25, 0.3) is 5.22 Å². The molecule has 6 nitrogen and oxygen atoms in total. The molecule has 1 aliphatic heterocycles. The molecule has 8 heteroatoms. The molecule has 3 atom stereocenters. The summed E-state index contributed by atoms with van der Waals surface area (Å²) in [6.07, 6.45) is 6.02. The number of benzene rings is 1. The number of aliphatic hydroxyl groups is 1. The van der Waals surface area contributed by atoms with Crippen molar-refractivity contribution in [1.82, 2.24) is 14.9 Å². The number of aromatic nitrogens is 2. The molecule has 3 heterocycles. The minimum absolute atomic E-state index is 0.139. The van der Waals surface area contributed by atoms with E-state index in [0.29, 0.717) is 28.9 Å². The van der Waals surface area contributed by atoms with Gasteiger partial charge in [0.2, 0.25) is 0 Å². The molecular formula is C24H30FN3O3S. The van der Waals surface area contributed by atoms with Crippen LogP contribution in [0.3, 0.4) is 0 Å². The van der Waals surface area contributed by atoms with E-state index >= 15 is 4.39 Å². The first-order valence-electron chi connectivity index (χ1n) is 11.1. The third-order valence-corrected chi connectivity index (χ3v) is 7.20. The summed E-state index contributed by atoms with van der Waals surface area (Å²) >= 11 is 1.60. The molecule has 32 heavy (non-hydrogen) atoms. The monoisotopic (exact) mass is 459 g/mol. The summed E-state index contributed by atoms with van der Waals surface area (Å²) in [4.78, 5) is 10.9. The maximum absolute atomic E-state index is 15.3. The molecule has 2 aromatic heterocycles. The lowest BCUT2D eigenvalue weighted by molar-refractivity contribution is 0.0672. The van der Waals surface area contributed by atoms with E-state index in [2.05, 4.69) is 14.9 Å². The first kappa shape index (κ1) is 23.0. The lowest BCUT2D eigenvalue weighted by atomic mass is 9.81. The number of oxazole rings is 1. The fourth-order valence-electron chi connectivity index (χ4n) is 4.55. The van der Waals surface area contributed by atoms with Crippen molar-refractivity contribution in [3.63, 3.8) is 0 Å². The number of halogens is 1. The zero-order valence-corrected chi connectivity index (χ0v) is 19.1. The summed E-state index contributed by atoms with van der Waals surface area (Å²) in [5.74, 6) is 2.11. The molecule has 1 aromatic carbocycles. The fourth-order valence-corrected chi connectivity index (χ4v) is 5.34. The van der Waals surface area contributed by atoms with Crippen LogP contribution in [0.4, 0.5) is 4.39 Å². The van der Waals surface area contributed by atoms with Gasteiger partial charge in [-0.25, -0.2) is 9.37 Å². The summed E-state index contributed by atoms with van der Waals surface area (Å²) in [7, 11) is 1.61. The van der Waals surface area contributed by atoms with E-state index in [0.717, 1.165) is 49.1 Å². The zero-order valence-electron chi connectivity index (χ0n) is 18.3. The Labute approximate surface area is 192 Å². The van der Waals surface area contributed by atoms with E-state index < -0.39 is 6.17 Å². The van der Waals surface area contributed by atoms with Gasteiger partial charge in [0.1, 0.15) is 18.2 Å². The van der Waals surface area contributed by atoms with Crippen LogP contribution in [0.2, 0.25) is 0 Å². The van der Waals surface area contributed by atoms with E-state index in [-0.39, 0.29) is 12.5 Å². The largest absolute Gasteiger partial charge is 0.497 e. The lowest BCUT2D eigenvalue weighted by Crippen LogP contribution is -2.43. The van der Waals surface area contributed by atoms with Crippen LogP contribution in [0.25, 0.3) is 10.9 Å². The van der Waals surface area contributed by atoms with E-state index in [9.17, 15) is 5.11 Å². The molecule has 1 aliphatic rings. The van der Waals surface area contributed by atoms with Crippen molar-refractivity contribution >= 4 is 22.7 Å². The number of hydrogen-bond donors (Lipinski definition) is 1. The molecule has 4 rings (SSSR count). The lowest BCUT2D eigenvalue weighted by Gasteiger charge is -2.38. The maximum atomic E-state index is 15.3. The number of aliphatic hydroxyl groups excluding tert-OH is 1. The average molecular weight is 460 g/mol. The Bertz CT molecular complexity index is 988. The molecule has 1 fully saturated rings. The predicted octanol–water partition coefficient (Wildman–Crippen LogP) is 4.74. The number of ether oxygens (including phenoxy) is 1. The van der Waals surface area contributed by atoms with Crippen molar-refractivity contribution in [3.8, 4) is 5.75 Å². The Balaban J connectivity index is 1.31. The number of alkyl halides is 1. The molecule has 0 spiro atoms. The van der Waals surface area contributed by atoms with Crippen LogP contribution in [-0.2, 0) is 0 Å². The molecule has 0 bridgehead atoms. The van der Waals surface area contributed by atoms with Crippen molar-refractivity contribution in [1.29, 1.82) is 0 Å². The number of fused-ring (bicyclic) bond motifs is 1. The zero-order chi connectivity index (χ0) is 22.3. The molecule has 0 aliphatic carbocycles. The van der Waals surface area contributed by atoms with Crippen molar-refractivity contribution in [3.05, 3.63) is 48.5 Å². The van der Waals surface area contributed by atoms with Gasteiger partial charge < -0.3 is 19.2 Å². The number of piperidine rings is 1. The minimum atomic E-state index is -1.07. The Morgan fingerprint density at radius 3 is 2.97 bits per heavy atom. The summed E-state index contributed by atoms with van der Waals surface area (Å²) in [6, 6.07) is 7.33. The van der Waals surface area contributed by atoms with Crippen molar-refractivity contribution in [2.24, 2.45) is 11.8 Å². The Morgan fingerprint density at radius 1 is 1.28 bits per heavy atom. The molecule has 1 saturated heterocycles. The highest BCUT2D eigenvalue weighted by Crippen LogP contribution is 2.35. The van der Waals surface area contributed by atoms with Gasteiger partial charge in [-0.15, -0.1) is 0 Å². The van der Waals surface area contributed by atoms with Gasteiger partial charge in [-0.2, -0.15) is 0 Å². The average Bonchev–Trinajstić information content (AvgIpc) is 3.35. The highest BCUT2D eigenvalue weighted by atomic mass is 32.2. The molecule has 172 valence electrons. The Kier molecular flexibility index (Phi) is 8.00. The smallest absolute Gasteiger partial charge is 0.255 e. The second-order valence-electron chi connectivity index (χ2n) is 8.27. The van der Waals surface area contributed by atoms with Crippen LogP contribution >= 0.6 is 11.8 Å². The van der Waals surface area contributed by atoms with Crippen LogP contribution < -0.4 is 4.74 Å². The summed E-state index contributed by atoms with van der Waals surface area (Å²) < 4.78 is 25.9. The Morgan fingerprint density at radius 2 is 2.19 bits per heavy atom. The van der Waals surface area contributed by atoms with Gasteiger partial charge in [-0.1, -0.05) is 11.8 Å². The van der Waals surface area contributed by atoms with E-state index in [4.69, 9.17) is 9.15 Å². The Hall–Kier alpha value is -2.16. The normalized spacial score (nSPS) is 20.5.